The van der Waals surface area contributed by atoms with Crippen LogP contribution in [0.5, 0.6) is 0 Å². The van der Waals surface area contributed by atoms with Crippen LogP contribution in [0.1, 0.15) is 19.8 Å². The zero-order chi connectivity index (χ0) is 7.28. The first-order valence-corrected chi connectivity index (χ1v) is 3.05. The average molecular weight is 127 g/mol. The predicted octanol–water partition coefficient (Wildman–Crippen LogP) is 1.55. The average Bonchev–Trinajstić information content (AvgIpc) is 1.82. The lowest BCUT2D eigenvalue weighted by Gasteiger charge is -1.99. The molecule has 0 aromatic heterocycles. The van der Waals surface area contributed by atoms with Crippen LogP contribution in [0.4, 0.5) is 0 Å². The highest BCUT2D eigenvalue weighted by Crippen LogP contribution is 2.06. The van der Waals surface area contributed by atoms with Crippen molar-refractivity contribution in [3.8, 4) is 0 Å². The fourth-order valence-electron chi connectivity index (χ4n) is 0.643. The Kier molecular flexibility index (Phi) is 3.76. The molecule has 0 aromatic carbocycles. The Balaban J connectivity index is 3.68. The van der Waals surface area contributed by atoms with Crippen molar-refractivity contribution in [2.75, 3.05) is 0 Å². The zero-order valence-electron chi connectivity index (χ0n) is 5.59. The maximum absolute atomic E-state index is 10.1. The minimum absolute atomic E-state index is 0.463. The Labute approximate surface area is 55.2 Å². The van der Waals surface area contributed by atoms with Gasteiger partial charge in [0.2, 0.25) is 0 Å². The molecule has 0 rings (SSSR count). The first-order chi connectivity index (χ1) is 4.22. The normalized spacial score (nSPS) is 12.6. The van der Waals surface area contributed by atoms with Crippen LogP contribution in [-0.4, -0.2) is 5.97 Å². The van der Waals surface area contributed by atoms with E-state index in [4.69, 9.17) is 0 Å². The Morgan fingerprint density at radius 1 is 1.78 bits per heavy atom. The monoisotopic (exact) mass is 127 g/mol. The summed E-state index contributed by atoms with van der Waals surface area (Å²) in [6.45, 7) is 5.31. The summed E-state index contributed by atoms with van der Waals surface area (Å²) in [5.41, 5.74) is 0. The molecule has 1 atom stereocenters. The predicted molar refractivity (Wildman–Crippen MR) is 34.3 cm³/mol. The van der Waals surface area contributed by atoms with E-state index in [1.165, 1.54) is 6.08 Å². The van der Waals surface area contributed by atoms with Crippen molar-refractivity contribution < 1.29 is 9.90 Å². The van der Waals surface area contributed by atoms with Crippen LogP contribution < -0.4 is 0 Å². The number of rotatable bonds is 4. The molecule has 0 saturated heterocycles. The van der Waals surface area contributed by atoms with Gasteiger partial charge < -0.3 is 0 Å². The van der Waals surface area contributed by atoms with Crippen LogP contribution in [-0.2, 0) is 9.90 Å². The summed E-state index contributed by atoms with van der Waals surface area (Å²) in [7, 11) is 0. The molecule has 1 unspecified atom stereocenters. The second-order valence-corrected chi connectivity index (χ2v) is 1.95. The van der Waals surface area contributed by atoms with Gasteiger partial charge in [0.25, 0.3) is 0 Å². The smallest absolute Gasteiger partial charge is 0.247 e. The maximum atomic E-state index is 10.1. The maximum Gasteiger partial charge on any atom is 0.362 e. The molecule has 2 heteroatoms. The van der Waals surface area contributed by atoms with Gasteiger partial charge in [-0.2, -0.15) is 0 Å². The summed E-state index contributed by atoms with van der Waals surface area (Å²) in [5.74, 6) is -1.48. The van der Waals surface area contributed by atoms with E-state index >= 15 is 0 Å². The molecule has 0 fully saturated rings. The second-order valence-electron chi connectivity index (χ2n) is 1.95. The minimum Gasteiger partial charge on any atom is -0.247 e. The van der Waals surface area contributed by atoms with Gasteiger partial charge in [-0.1, -0.05) is 19.4 Å². The molecule has 0 N–H and O–H groups in total. The highest BCUT2D eigenvalue weighted by atomic mass is 16.4. The molecule has 0 saturated carbocycles. The van der Waals surface area contributed by atoms with Crippen molar-refractivity contribution in [2.45, 2.75) is 19.8 Å². The van der Waals surface area contributed by atoms with Crippen molar-refractivity contribution in [2.24, 2.45) is 5.92 Å². The molecule has 0 aliphatic rings. The van der Waals surface area contributed by atoms with Crippen LogP contribution >= 0.6 is 0 Å². The molecule has 0 amide bonds. The molecule has 0 aliphatic carbocycles. The third kappa shape index (κ3) is 2.90. The molecule has 0 aromatic rings. The van der Waals surface area contributed by atoms with E-state index < -0.39 is 11.9 Å². The molecular formula is C7H11O2. The Bertz CT molecular complexity index is 107. The van der Waals surface area contributed by atoms with E-state index in [2.05, 4.69) is 6.58 Å². The summed E-state index contributed by atoms with van der Waals surface area (Å²) in [6, 6.07) is 0. The molecule has 0 aliphatic heterocycles. The molecule has 1 radical (unpaired) electrons. The van der Waals surface area contributed by atoms with Crippen LogP contribution in [0.2, 0.25) is 0 Å². The van der Waals surface area contributed by atoms with Gasteiger partial charge in [-0.3, -0.25) is 0 Å². The van der Waals surface area contributed by atoms with Gasteiger partial charge in [0.05, 0.1) is 5.92 Å². The fraction of sp³-hybridized carbons (Fsp3) is 0.571. The summed E-state index contributed by atoms with van der Waals surface area (Å²) < 4.78 is 0. The van der Waals surface area contributed by atoms with E-state index in [1.807, 2.05) is 6.92 Å². The van der Waals surface area contributed by atoms with Crippen molar-refractivity contribution in [3.05, 3.63) is 12.7 Å². The third-order valence-corrected chi connectivity index (χ3v) is 1.19. The van der Waals surface area contributed by atoms with Crippen LogP contribution in [0.25, 0.3) is 0 Å². The van der Waals surface area contributed by atoms with E-state index in [0.29, 0.717) is 6.42 Å². The van der Waals surface area contributed by atoms with Gasteiger partial charge in [0.1, 0.15) is 0 Å². The Hall–Kier alpha value is -0.790. The van der Waals surface area contributed by atoms with Gasteiger partial charge in [-0.15, -0.1) is 6.58 Å². The fourth-order valence-corrected chi connectivity index (χ4v) is 0.643. The lowest BCUT2D eigenvalue weighted by atomic mass is 10.1. The van der Waals surface area contributed by atoms with Gasteiger partial charge in [0.15, 0.2) is 0 Å². The SMILES string of the molecule is C=CC(CCC)C([O])=O. The van der Waals surface area contributed by atoms with Gasteiger partial charge in [-0.05, 0) is 6.42 Å². The molecular weight excluding hydrogens is 116 g/mol. The summed E-state index contributed by atoms with van der Waals surface area (Å²) >= 11 is 0. The molecule has 0 spiro atoms. The van der Waals surface area contributed by atoms with E-state index in [-0.39, 0.29) is 0 Å². The topological polar surface area (TPSA) is 37.0 Å². The van der Waals surface area contributed by atoms with Gasteiger partial charge >= 0.3 is 5.97 Å². The minimum atomic E-state index is -1.02. The Morgan fingerprint density at radius 2 is 2.33 bits per heavy atom. The number of hydrogen-bond acceptors (Lipinski definition) is 1. The van der Waals surface area contributed by atoms with Crippen molar-refractivity contribution in [1.82, 2.24) is 0 Å². The standard InChI is InChI=1S/C7H11O2/c1-3-5-6(4-2)7(8)9/h4,6H,2-3,5H2,1H3. The highest BCUT2D eigenvalue weighted by Gasteiger charge is 2.12. The van der Waals surface area contributed by atoms with Crippen molar-refractivity contribution in [3.63, 3.8) is 0 Å². The second kappa shape index (κ2) is 4.13. The largest absolute Gasteiger partial charge is 0.362 e. The molecule has 0 bridgehead atoms. The first kappa shape index (κ1) is 8.21. The molecule has 51 valence electrons. The van der Waals surface area contributed by atoms with Crippen LogP contribution in [0, 0.1) is 5.92 Å². The number of carbonyl (C=O) groups is 1. The van der Waals surface area contributed by atoms with Gasteiger partial charge in [-0.25, -0.2) is 9.90 Å². The quantitative estimate of drug-likeness (QED) is 0.528. The van der Waals surface area contributed by atoms with Crippen molar-refractivity contribution in [1.29, 1.82) is 0 Å². The van der Waals surface area contributed by atoms with Crippen molar-refractivity contribution >= 4 is 5.97 Å². The van der Waals surface area contributed by atoms with Crippen LogP contribution in [0.15, 0.2) is 12.7 Å². The molecule has 2 nitrogen and oxygen atoms in total. The van der Waals surface area contributed by atoms with E-state index in [1.54, 1.807) is 0 Å². The lowest BCUT2D eigenvalue weighted by molar-refractivity contribution is -0.146. The number of hydrogen-bond donors (Lipinski definition) is 0. The molecule has 9 heavy (non-hydrogen) atoms. The van der Waals surface area contributed by atoms with Crippen LogP contribution in [0.3, 0.4) is 0 Å². The van der Waals surface area contributed by atoms with E-state index in [9.17, 15) is 9.90 Å². The Morgan fingerprint density at radius 3 is 2.44 bits per heavy atom. The summed E-state index contributed by atoms with van der Waals surface area (Å²) in [6.07, 6.45) is 2.90. The highest BCUT2D eigenvalue weighted by molar-refractivity contribution is 5.71. The molecule has 0 heterocycles. The summed E-state index contributed by atoms with van der Waals surface area (Å²) in [4.78, 5) is 10.1. The zero-order valence-corrected chi connectivity index (χ0v) is 5.59. The van der Waals surface area contributed by atoms with E-state index in [0.717, 1.165) is 6.42 Å². The first-order valence-electron chi connectivity index (χ1n) is 3.05. The third-order valence-electron chi connectivity index (χ3n) is 1.19. The van der Waals surface area contributed by atoms with Gasteiger partial charge in [0, 0.05) is 0 Å². The summed E-state index contributed by atoms with van der Waals surface area (Å²) in [5, 5.41) is 10.1. The number of carbonyl (C=O) groups excluding carboxylic acids is 1. The lowest BCUT2D eigenvalue weighted by Crippen LogP contribution is -2.08.